The average Bonchev–Trinajstić information content (AvgIpc) is 3.40. The Morgan fingerprint density at radius 1 is 1.19 bits per heavy atom. The van der Waals surface area contributed by atoms with Gasteiger partial charge in [0.05, 0.1) is 11.4 Å². The standard InChI is InChI=1S/C24H26ClFN4OS/c1-15-22(32-23(27-15)16-5-7-17(25)8-6-16)24(31)29(4)18-9-10-21(20(26)13-18)30-12-11-19(14-30)28(2)3/h5-10,13,19H,11-12,14H2,1-4H3. The molecule has 0 bridgehead atoms. The summed E-state index contributed by atoms with van der Waals surface area (Å²) in [6.45, 7) is 3.43. The Labute approximate surface area is 197 Å². The molecular weight excluding hydrogens is 447 g/mol. The van der Waals surface area contributed by atoms with E-state index in [9.17, 15) is 9.18 Å². The van der Waals surface area contributed by atoms with Crippen molar-refractivity contribution in [3.8, 4) is 10.6 Å². The van der Waals surface area contributed by atoms with Gasteiger partial charge < -0.3 is 14.7 Å². The number of aryl methyl sites for hydroxylation is 1. The summed E-state index contributed by atoms with van der Waals surface area (Å²) in [5, 5.41) is 1.40. The zero-order chi connectivity index (χ0) is 23.0. The number of amides is 1. The number of hydrogen-bond acceptors (Lipinski definition) is 5. The van der Waals surface area contributed by atoms with Crippen molar-refractivity contribution in [3.63, 3.8) is 0 Å². The van der Waals surface area contributed by atoms with Crippen molar-refractivity contribution < 1.29 is 9.18 Å². The lowest BCUT2D eigenvalue weighted by Crippen LogP contribution is -2.31. The molecular formula is C24H26ClFN4OS. The van der Waals surface area contributed by atoms with Gasteiger partial charge in [-0.25, -0.2) is 9.37 Å². The summed E-state index contributed by atoms with van der Waals surface area (Å²) in [5.41, 5.74) is 2.65. The van der Waals surface area contributed by atoms with E-state index < -0.39 is 0 Å². The van der Waals surface area contributed by atoms with E-state index in [0.29, 0.717) is 33.0 Å². The van der Waals surface area contributed by atoms with Crippen LogP contribution in [0.25, 0.3) is 10.6 Å². The van der Waals surface area contributed by atoms with Crippen LogP contribution in [0.3, 0.4) is 0 Å². The molecule has 0 N–H and O–H groups in total. The first-order valence-corrected chi connectivity index (χ1v) is 11.7. The van der Waals surface area contributed by atoms with E-state index in [-0.39, 0.29) is 11.7 Å². The zero-order valence-electron chi connectivity index (χ0n) is 18.6. The van der Waals surface area contributed by atoms with Crippen LogP contribution in [0.5, 0.6) is 0 Å². The van der Waals surface area contributed by atoms with Gasteiger partial charge >= 0.3 is 0 Å². The molecule has 32 heavy (non-hydrogen) atoms. The number of carbonyl (C=O) groups is 1. The fourth-order valence-corrected chi connectivity index (χ4v) is 5.10. The van der Waals surface area contributed by atoms with Gasteiger partial charge in [-0.3, -0.25) is 4.79 Å². The van der Waals surface area contributed by atoms with E-state index in [1.54, 1.807) is 31.3 Å². The summed E-state index contributed by atoms with van der Waals surface area (Å²) < 4.78 is 15.0. The molecule has 5 nitrogen and oxygen atoms in total. The second kappa shape index (κ2) is 9.17. The maximum atomic E-state index is 15.0. The Hall–Kier alpha value is -2.48. The molecule has 1 aliphatic rings. The van der Waals surface area contributed by atoms with Gasteiger partial charge in [0.2, 0.25) is 0 Å². The van der Waals surface area contributed by atoms with Crippen LogP contribution in [0.2, 0.25) is 5.02 Å². The minimum absolute atomic E-state index is 0.207. The van der Waals surface area contributed by atoms with Crippen molar-refractivity contribution >= 4 is 40.2 Å². The van der Waals surface area contributed by atoms with E-state index >= 15 is 0 Å². The lowest BCUT2D eigenvalue weighted by Gasteiger charge is -2.23. The van der Waals surface area contributed by atoms with Gasteiger partial charge in [0, 0.05) is 42.5 Å². The third kappa shape index (κ3) is 4.51. The summed E-state index contributed by atoms with van der Waals surface area (Å²) in [5.74, 6) is -0.523. The fourth-order valence-electron chi connectivity index (χ4n) is 3.92. The van der Waals surface area contributed by atoms with E-state index in [2.05, 4.69) is 14.8 Å². The summed E-state index contributed by atoms with van der Waals surface area (Å²) in [6.07, 6.45) is 1.01. The van der Waals surface area contributed by atoms with Gasteiger partial charge in [-0.15, -0.1) is 11.3 Å². The van der Waals surface area contributed by atoms with Crippen LogP contribution >= 0.6 is 22.9 Å². The van der Waals surface area contributed by atoms with Crippen LogP contribution in [0.4, 0.5) is 15.8 Å². The summed E-state index contributed by atoms with van der Waals surface area (Å²) >= 11 is 7.30. The molecule has 4 rings (SSSR count). The van der Waals surface area contributed by atoms with Crippen molar-refractivity contribution in [3.05, 3.63) is 63.9 Å². The topological polar surface area (TPSA) is 39.7 Å². The van der Waals surface area contributed by atoms with E-state index in [1.807, 2.05) is 33.2 Å². The fraction of sp³-hybridized carbons (Fsp3) is 0.333. The number of nitrogens with zero attached hydrogens (tertiary/aromatic N) is 4. The van der Waals surface area contributed by atoms with Crippen LogP contribution in [0.1, 0.15) is 21.8 Å². The first-order chi connectivity index (χ1) is 15.2. The molecule has 0 spiro atoms. The van der Waals surface area contributed by atoms with Crippen LogP contribution in [0, 0.1) is 12.7 Å². The number of halogens is 2. The number of hydrogen-bond donors (Lipinski definition) is 0. The molecule has 0 saturated carbocycles. The number of rotatable bonds is 5. The molecule has 8 heteroatoms. The highest BCUT2D eigenvalue weighted by molar-refractivity contribution is 7.17. The Kier molecular flexibility index (Phi) is 6.51. The molecule has 1 unspecified atom stereocenters. The zero-order valence-corrected chi connectivity index (χ0v) is 20.2. The van der Waals surface area contributed by atoms with Gasteiger partial charge in [0.25, 0.3) is 5.91 Å². The first kappa shape index (κ1) is 22.7. The van der Waals surface area contributed by atoms with E-state index in [0.717, 1.165) is 30.1 Å². The number of likely N-dealkylation sites (N-methyl/N-ethyl adjacent to an activating group) is 1. The van der Waals surface area contributed by atoms with E-state index in [1.165, 1.54) is 22.3 Å². The number of anilines is 2. The average molecular weight is 473 g/mol. The SMILES string of the molecule is Cc1nc(-c2ccc(Cl)cc2)sc1C(=O)N(C)c1ccc(N2CCC(N(C)C)C2)c(F)c1. The number of thiazole rings is 1. The van der Waals surface area contributed by atoms with Crippen molar-refractivity contribution in [2.24, 2.45) is 0 Å². The molecule has 1 aliphatic heterocycles. The minimum Gasteiger partial charge on any atom is -0.368 e. The second-order valence-electron chi connectivity index (χ2n) is 8.29. The van der Waals surface area contributed by atoms with Gasteiger partial charge in [-0.1, -0.05) is 23.7 Å². The third-order valence-corrected chi connectivity index (χ3v) is 7.39. The van der Waals surface area contributed by atoms with Gasteiger partial charge in [-0.05, 0) is 57.8 Å². The molecule has 3 aromatic rings. The molecule has 1 amide bonds. The highest BCUT2D eigenvalue weighted by atomic mass is 35.5. The predicted octanol–water partition coefficient (Wildman–Crippen LogP) is 5.33. The monoisotopic (exact) mass is 472 g/mol. The molecule has 2 heterocycles. The van der Waals surface area contributed by atoms with Crippen LogP contribution in [-0.2, 0) is 0 Å². The summed E-state index contributed by atoms with van der Waals surface area (Å²) in [6, 6.07) is 12.8. The normalized spacial score (nSPS) is 16.1. The smallest absolute Gasteiger partial charge is 0.270 e. The molecule has 0 aliphatic carbocycles. The maximum absolute atomic E-state index is 15.0. The van der Waals surface area contributed by atoms with Crippen LogP contribution in [-0.4, -0.2) is 56.1 Å². The number of carbonyl (C=O) groups excluding carboxylic acids is 1. The minimum atomic E-state index is -0.315. The first-order valence-electron chi connectivity index (χ1n) is 10.5. The summed E-state index contributed by atoms with van der Waals surface area (Å²) in [4.78, 5) is 24.0. The Morgan fingerprint density at radius 3 is 2.53 bits per heavy atom. The van der Waals surface area contributed by atoms with E-state index in [4.69, 9.17) is 11.6 Å². The van der Waals surface area contributed by atoms with Gasteiger partial charge in [0.1, 0.15) is 15.7 Å². The van der Waals surface area contributed by atoms with Crippen LogP contribution < -0.4 is 9.80 Å². The van der Waals surface area contributed by atoms with Crippen molar-refractivity contribution in [2.75, 3.05) is 44.0 Å². The van der Waals surface area contributed by atoms with Crippen molar-refractivity contribution in [1.29, 1.82) is 0 Å². The number of aromatic nitrogens is 1. The highest BCUT2D eigenvalue weighted by Crippen LogP contribution is 2.32. The Morgan fingerprint density at radius 2 is 1.91 bits per heavy atom. The molecule has 1 fully saturated rings. The maximum Gasteiger partial charge on any atom is 0.270 e. The lowest BCUT2D eigenvalue weighted by atomic mass is 10.2. The molecule has 1 saturated heterocycles. The second-order valence-corrected chi connectivity index (χ2v) is 9.73. The molecule has 2 aromatic carbocycles. The number of benzene rings is 2. The quantitative estimate of drug-likeness (QED) is 0.503. The predicted molar refractivity (Wildman–Crippen MR) is 131 cm³/mol. The van der Waals surface area contributed by atoms with Crippen LogP contribution in [0.15, 0.2) is 42.5 Å². The largest absolute Gasteiger partial charge is 0.368 e. The molecule has 1 atom stereocenters. The van der Waals surface area contributed by atoms with Gasteiger partial charge in [-0.2, -0.15) is 0 Å². The van der Waals surface area contributed by atoms with Gasteiger partial charge in [0.15, 0.2) is 0 Å². The summed E-state index contributed by atoms with van der Waals surface area (Å²) in [7, 11) is 5.76. The molecule has 168 valence electrons. The highest BCUT2D eigenvalue weighted by Gasteiger charge is 2.27. The molecule has 1 aromatic heterocycles. The Balaban J connectivity index is 1.53. The molecule has 0 radical (unpaired) electrons. The van der Waals surface area contributed by atoms with Crippen molar-refractivity contribution in [2.45, 2.75) is 19.4 Å². The van der Waals surface area contributed by atoms with Crippen molar-refractivity contribution in [1.82, 2.24) is 9.88 Å². The third-order valence-electron chi connectivity index (χ3n) is 5.94. The Bertz CT molecular complexity index is 1130. The lowest BCUT2D eigenvalue weighted by molar-refractivity contribution is 0.0996.